The summed E-state index contributed by atoms with van der Waals surface area (Å²) < 4.78 is 4.75. The molecule has 1 fully saturated rings. The van der Waals surface area contributed by atoms with Crippen molar-refractivity contribution in [2.75, 3.05) is 6.61 Å². The fraction of sp³-hybridized carbons (Fsp3) is 0.727. The lowest BCUT2D eigenvalue weighted by molar-refractivity contribution is -0.152. The molecule has 4 heteroatoms. The van der Waals surface area contributed by atoms with E-state index in [0.29, 0.717) is 0 Å². The van der Waals surface area contributed by atoms with Crippen LogP contribution in [-0.4, -0.2) is 24.1 Å². The molecule has 1 rings (SSSR count). The molecule has 0 heterocycles. The van der Waals surface area contributed by atoms with E-state index in [1.807, 2.05) is 0 Å². The lowest BCUT2D eigenvalue weighted by Gasteiger charge is -2.11. The van der Waals surface area contributed by atoms with Crippen LogP contribution in [0.25, 0.3) is 0 Å². The molecule has 0 saturated heterocycles. The van der Waals surface area contributed by atoms with Crippen molar-refractivity contribution in [3.8, 4) is 0 Å². The van der Waals surface area contributed by atoms with Crippen LogP contribution in [0.2, 0.25) is 0 Å². The third-order valence-electron chi connectivity index (χ3n) is 2.50. The summed E-state index contributed by atoms with van der Waals surface area (Å²) in [7, 11) is 0. The average Bonchev–Trinajstić information content (AvgIpc) is 2.96. The number of carbonyl (C=O) groups is 3. The van der Waals surface area contributed by atoms with Crippen molar-refractivity contribution in [2.24, 2.45) is 11.8 Å². The summed E-state index contributed by atoms with van der Waals surface area (Å²) in [6, 6.07) is 0. The van der Waals surface area contributed by atoms with Crippen molar-refractivity contribution in [3.63, 3.8) is 0 Å². The molecule has 0 aromatic rings. The predicted molar refractivity (Wildman–Crippen MR) is 53.2 cm³/mol. The fourth-order valence-electron chi connectivity index (χ4n) is 1.41. The quantitative estimate of drug-likeness (QED) is 0.489. The van der Waals surface area contributed by atoms with E-state index >= 15 is 0 Å². The zero-order chi connectivity index (χ0) is 11.4. The smallest absolute Gasteiger partial charge is 0.316 e. The number of ketones is 2. The number of rotatable bonds is 6. The van der Waals surface area contributed by atoms with Crippen LogP contribution in [0.5, 0.6) is 0 Å². The second-order valence-electron chi connectivity index (χ2n) is 3.86. The molecule has 0 amide bonds. The van der Waals surface area contributed by atoms with Crippen LogP contribution in [0.1, 0.15) is 33.1 Å². The Morgan fingerprint density at radius 1 is 1.33 bits per heavy atom. The van der Waals surface area contributed by atoms with E-state index in [4.69, 9.17) is 4.74 Å². The monoisotopic (exact) mass is 212 g/mol. The number of ether oxygens (including phenoxy) is 1. The van der Waals surface area contributed by atoms with Crippen molar-refractivity contribution in [1.82, 2.24) is 0 Å². The molecular formula is C11H16O4. The number of esters is 1. The Morgan fingerprint density at radius 2 is 1.93 bits per heavy atom. The fourth-order valence-corrected chi connectivity index (χ4v) is 1.41. The van der Waals surface area contributed by atoms with E-state index < -0.39 is 11.9 Å². The zero-order valence-electron chi connectivity index (χ0n) is 9.12. The Morgan fingerprint density at radius 3 is 2.33 bits per heavy atom. The summed E-state index contributed by atoms with van der Waals surface area (Å²) in [5.41, 5.74) is 0. The summed E-state index contributed by atoms with van der Waals surface area (Å²) in [6.45, 7) is 3.24. The van der Waals surface area contributed by atoms with Crippen molar-refractivity contribution >= 4 is 17.5 Å². The third-order valence-corrected chi connectivity index (χ3v) is 2.50. The second-order valence-corrected chi connectivity index (χ2v) is 3.86. The molecule has 1 aliphatic rings. The summed E-state index contributed by atoms with van der Waals surface area (Å²) in [4.78, 5) is 34.0. The molecule has 1 aliphatic carbocycles. The average molecular weight is 212 g/mol. The van der Waals surface area contributed by atoms with Gasteiger partial charge in [-0.3, -0.25) is 14.4 Å². The van der Waals surface area contributed by atoms with Gasteiger partial charge in [-0.1, -0.05) is 0 Å². The van der Waals surface area contributed by atoms with Gasteiger partial charge in [0.25, 0.3) is 0 Å². The highest BCUT2D eigenvalue weighted by atomic mass is 16.5. The molecule has 1 atom stereocenters. The van der Waals surface area contributed by atoms with Crippen molar-refractivity contribution in [1.29, 1.82) is 0 Å². The SMILES string of the molecule is CCOC(=O)[C@@H](CC(=O)C1CC1)C(C)=O. The maximum Gasteiger partial charge on any atom is 0.316 e. The van der Waals surface area contributed by atoms with E-state index in [9.17, 15) is 14.4 Å². The summed E-state index contributed by atoms with van der Waals surface area (Å²) >= 11 is 0. The Balaban J connectivity index is 2.52. The molecule has 0 aromatic heterocycles. The highest BCUT2D eigenvalue weighted by Crippen LogP contribution is 2.32. The van der Waals surface area contributed by atoms with E-state index in [1.54, 1.807) is 6.92 Å². The molecule has 0 N–H and O–H groups in total. The minimum Gasteiger partial charge on any atom is -0.465 e. The second kappa shape index (κ2) is 5.05. The van der Waals surface area contributed by atoms with Crippen LogP contribution in [-0.2, 0) is 19.1 Å². The molecule has 1 saturated carbocycles. The van der Waals surface area contributed by atoms with Gasteiger partial charge < -0.3 is 4.74 Å². The Kier molecular flexibility index (Phi) is 4.00. The summed E-state index contributed by atoms with van der Waals surface area (Å²) in [5.74, 6) is -1.65. The normalized spacial score (nSPS) is 16.9. The lowest BCUT2D eigenvalue weighted by Crippen LogP contribution is -2.27. The molecule has 0 spiro atoms. The van der Waals surface area contributed by atoms with Crippen molar-refractivity contribution in [2.45, 2.75) is 33.1 Å². The van der Waals surface area contributed by atoms with Gasteiger partial charge in [-0.05, 0) is 26.7 Å². The van der Waals surface area contributed by atoms with Crippen LogP contribution < -0.4 is 0 Å². The van der Waals surface area contributed by atoms with Gasteiger partial charge in [0.1, 0.15) is 17.5 Å². The Bertz CT molecular complexity index is 278. The van der Waals surface area contributed by atoms with Crippen LogP contribution >= 0.6 is 0 Å². The van der Waals surface area contributed by atoms with Gasteiger partial charge in [0, 0.05) is 12.3 Å². The van der Waals surface area contributed by atoms with Crippen molar-refractivity contribution < 1.29 is 19.1 Å². The van der Waals surface area contributed by atoms with Crippen LogP contribution in [0, 0.1) is 11.8 Å². The molecule has 0 bridgehead atoms. The highest BCUT2D eigenvalue weighted by Gasteiger charge is 2.35. The topological polar surface area (TPSA) is 60.4 Å². The Hall–Kier alpha value is -1.19. The number of hydrogen-bond acceptors (Lipinski definition) is 4. The van der Waals surface area contributed by atoms with Gasteiger partial charge in [-0.25, -0.2) is 0 Å². The van der Waals surface area contributed by atoms with E-state index in [1.165, 1.54) is 6.92 Å². The Labute approximate surface area is 89.0 Å². The van der Waals surface area contributed by atoms with Gasteiger partial charge >= 0.3 is 5.97 Å². The minimum atomic E-state index is -0.891. The van der Waals surface area contributed by atoms with Gasteiger partial charge in [-0.2, -0.15) is 0 Å². The van der Waals surface area contributed by atoms with Crippen molar-refractivity contribution in [3.05, 3.63) is 0 Å². The number of hydrogen-bond donors (Lipinski definition) is 0. The predicted octanol–water partition coefficient (Wildman–Crippen LogP) is 1.12. The molecule has 0 unspecified atom stereocenters. The molecule has 0 aromatic carbocycles. The maximum atomic E-state index is 11.5. The number of carbonyl (C=O) groups excluding carboxylic acids is 3. The van der Waals surface area contributed by atoms with E-state index in [0.717, 1.165) is 12.8 Å². The first-order valence-electron chi connectivity index (χ1n) is 5.26. The highest BCUT2D eigenvalue weighted by molar-refractivity contribution is 6.02. The molecule has 15 heavy (non-hydrogen) atoms. The first-order chi connectivity index (χ1) is 7.06. The first-order valence-corrected chi connectivity index (χ1v) is 5.26. The minimum absolute atomic E-state index is 0.0127. The molecule has 0 aliphatic heterocycles. The largest absolute Gasteiger partial charge is 0.465 e. The third kappa shape index (κ3) is 3.46. The van der Waals surface area contributed by atoms with Crippen LogP contribution in [0.4, 0.5) is 0 Å². The van der Waals surface area contributed by atoms with Gasteiger partial charge in [0.2, 0.25) is 0 Å². The van der Waals surface area contributed by atoms with E-state index in [-0.39, 0.29) is 30.5 Å². The standard InChI is InChI=1S/C11H16O4/c1-3-15-11(14)9(7(2)12)6-10(13)8-4-5-8/h8-9H,3-6H2,1-2H3/t9-/m0/s1. The van der Waals surface area contributed by atoms with Gasteiger partial charge in [0.05, 0.1) is 6.61 Å². The van der Waals surface area contributed by atoms with Gasteiger partial charge in [0.15, 0.2) is 0 Å². The van der Waals surface area contributed by atoms with Crippen LogP contribution in [0.3, 0.4) is 0 Å². The molecule has 84 valence electrons. The molecular weight excluding hydrogens is 196 g/mol. The van der Waals surface area contributed by atoms with Gasteiger partial charge in [-0.15, -0.1) is 0 Å². The maximum absolute atomic E-state index is 11.5. The number of Topliss-reactive ketones (excluding diaryl/α,β-unsaturated/α-hetero) is 2. The summed E-state index contributed by atoms with van der Waals surface area (Å²) in [6.07, 6.45) is 1.80. The first kappa shape index (κ1) is 11.9. The zero-order valence-corrected chi connectivity index (χ0v) is 9.12. The summed E-state index contributed by atoms with van der Waals surface area (Å²) in [5, 5.41) is 0. The molecule has 0 radical (unpaired) electrons. The van der Waals surface area contributed by atoms with Crippen LogP contribution in [0.15, 0.2) is 0 Å². The lowest BCUT2D eigenvalue weighted by atomic mass is 9.97. The van der Waals surface area contributed by atoms with E-state index in [2.05, 4.69) is 0 Å². The molecule has 4 nitrogen and oxygen atoms in total.